The maximum absolute atomic E-state index is 12.5. The van der Waals surface area contributed by atoms with Gasteiger partial charge < -0.3 is 14.5 Å². The van der Waals surface area contributed by atoms with Crippen molar-refractivity contribution >= 4 is 34.0 Å². The van der Waals surface area contributed by atoms with Crippen LogP contribution in [0.1, 0.15) is 52.8 Å². The number of anilines is 1. The first-order chi connectivity index (χ1) is 13.8. The van der Waals surface area contributed by atoms with Gasteiger partial charge in [0.05, 0.1) is 11.3 Å². The molecule has 0 fully saturated rings. The van der Waals surface area contributed by atoms with Gasteiger partial charge in [0.2, 0.25) is 5.78 Å². The SMILES string of the molecule is Cc1cc(C)c(C(=O)COC(=O)c2sc(NC(=O)c3ccco3)cc2C)cc1C. The summed E-state index contributed by atoms with van der Waals surface area (Å²) in [5.74, 6) is -1.08. The molecule has 2 heterocycles. The normalized spacial score (nSPS) is 10.6. The van der Waals surface area contributed by atoms with Gasteiger partial charge in [-0.05, 0) is 74.2 Å². The Balaban J connectivity index is 1.65. The second kappa shape index (κ2) is 8.45. The first-order valence-corrected chi connectivity index (χ1v) is 9.81. The fraction of sp³-hybridized carbons (Fsp3) is 0.227. The van der Waals surface area contributed by atoms with Gasteiger partial charge in [-0.3, -0.25) is 9.59 Å². The number of hydrogen-bond donors (Lipinski definition) is 1. The Labute approximate surface area is 172 Å². The Kier molecular flexibility index (Phi) is 5.98. The van der Waals surface area contributed by atoms with Crippen molar-refractivity contribution in [1.29, 1.82) is 0 Å². The van der Waals surface area contributed by atoms with E-state index in [0.717, 1.165) is 28.0 Å². The number of carbonyl (C=O) groups is 3. The molecule has 1 N–H and O–H groups in total. The summed E-state index contributed by atoms with van der Waals surface area (Å²) in [6.45, 7) is 7.18. The van der Waals surface area contributed by atoms with Crippen LogP contribution in [0, 0.1) is 27.7 Å². The van der Waals surface area contributed by atoms with Crippen LogP contribution in [0.25, 0.3) is 0 Å². The quantitative estimate of drug-likeness (QED) is 0.462. The van der Waals surface area contributed by atoms with Crippen LogP contribution in [-0.4, -0.2) is 24.3 Å². The molecule has 0 radical (unpaired) electrons. The summed E-state index contributed by atoms with van der Waals surface area (Å²) in [4.78, 5) is 37.3. The number of thiophene rings is 1. The summed E-state index contributed by atoms with van der Waals surface area (Å²) in [6, 6.07) is 8.61. The number of ketones is 1. The fourth-order valence-electron chi connectivity index (χ4n) is 2.86. The lowest BCUT2D eigenvalue weighted by molar-refractivity contribution is 0.0478. The molecule has 1 aromatic carbocycles. The van der Waals surface area contributed by atoms with Crippen LogP contribution in [-0.2, 0) is 4.74 Å². The molecule has 1 amide bonds. The Morgan fingerprint density at radius 1 is 1.00 bits per heavy atom. The summed E-state index contributed by atoms with van der Waals surface area (Å²) in [5, 5.41) is 3.17. The number of furan rings is 1. The number of Topliss-reactive ketones (excluding diaryl/α,β-unsaturated/α-hetero) is 1. The van der Waals surface area contributed by atoms with Crippen molar-refractivity contribution < 1.29 is 23.5 Å². The van der Waals surface area contributed by atoms with Gasteiger partial charge in [0.1, 0.15) is 4.88 Å². The van der Waals surface area contributed by atoms with E-state index >= 15 is 0 Å². The number of ether oxygens (including phenoxy) is 1. The molecule has 7 heteroatoms. The number of aryl methyl sites for hydroxylation is 4. The van der Waals surface area contributed by atoms with Crippen LogP contribution < -0.4 is 5.32 Å². The molecule has 2 aromatic heterocycles. The summed E-state index contributed by atoms with van der Waals surface area (Å²) < 4.78 is 10.3. The van der Waals surface area contributed by atoms with E-state index in [0.29, 0.717) is 21.0 Å². The maximum atomic E-state index is 12.5. The van der Waals surface area contributed by atoms with Crippen LogP contribution in [0.5, 0.6) is 0 Å². The minimum Gasteiger partial charge on any atom is -0.459 e. The van der Waals surface area contributed by atoms with Crippen molar-refractivity contribution in [2.45, 2.75) is 27.7 Å². The van der Waals surface area contributed by atoms with Gasteiger partial charge in [0, 0.05) is 5.56 Å². The lowest BCUT2D eigenvalue weighted by atomic mass is 9.98. The summed E-state index contributed by atoms with van der Waals surface area (Å²) in [5.41, 5.74) is 4.18. The third-order valence-electron chi connectivity index (χ3n) is 4.56. The van der Waals surface area contributed by atoms with Gasteiger partial charge in [-0.15, -0.1) is 11.3 Å². The maximum Gasteiger partial charge on any atom is 0.349 e. The Morgan fingerprint density at radius 2 is 1.72 bits per heavy atom. The average Bonchev–Trinajstić information content (AvgIpc) is 3.32. The van der Waals surface area contributed by atoms with Gasteiger partial charge in [0.15, 0.2) is 12.4 Å². The van der Waals surface area contributed by atoms with Crippen molar-refractivity contribution in [1.82, 2.24) is 0 Å². The smallest absolute Gasteiger partial charge is 0.349 e. The Bertz CT molecular complexity index is 1080. The molecule has 0 saturated heterocycles. The minimum absolute atomic E-state index is 0.175. The van der Waals surface area contributed by atoms with Gasteiger partial charge >= 0.3 is 5.97 Å². The third-order valence-corrected chi connectivity index (χ3v) is 5.69. The van der Waals surface area contributed by atoms with Crippen LogP contribution in [0.4, 0.5) is 5.00 Å². The molecule has 0 aliphatic rings. The van der Waals surface area contributed by atoms with E-state index in [9.17, 15) is 14.4 Å². The molecule has 6 nitrogen and oxygen atoms in total. The molecular weight excluding hydrogens is 390 g/mol. The predicted molar refractivity (Wildman–Crippen MR) is 111 cm³/mol. The van der Waals surface area contributed by atoms with Crippen LogP contribution in [0.3, 0.4) is 0 Å². The summed E-state index contributed by atoms with van der Waals surface area (Å²) >= 11 is 1.09. The van der Waals surface area contributed by atoms with Crippen molar-refractivity contribution in [3.8, 4) is 0 Å². The van der Waals surface area contributed by atoms with Gasteiger partial charge in [0.25, 0.3) is 5.91 Å². The largest absolute Gasteiger partial charge is 0.459 e. The molecule has 0 spiro atoms. The molecule has 3 aromatic rings. The van der Waals surface area contributed by atoms with E-state index in [1.807, 2.05) is 32.9 Å². The highest BCUT2D eigenvalue weighted by atomic mass is 32.1. The number of rotatable bonds is 6. The van der Waals surface area contributed by atoms with Crippen molar-refractivity contribution in [3.05, 3.63) is 75.0 Å². The predicted octanol–water partition coefficient (Wildman–Crippen LogP) is 4.87. The standard InChI is InChI=1S/C22H21NO5S/c1-12-8-14(3)16(9-13(12)2)17(24)11-28-22(26)20-15(4)10-19(29-20)23-21(25)18-6-5-7-27-18/h5-10H,11H2,1-4H3,(H,23,25). The number of esters is 1. The van der Waals surface area contributed by atoms with E-state index in [4.69, 9.17) is 9.15 Å². The molecule has 0 bridgehead atoms. The van der Waals surface area contributed by atoms with Crippen molar-refractivity contribution in [2.75, 3.05) is 11.9 Å². The molecule has 0 aliphatic heterocycles. The summed E-state index contributed by atoms with van der Waals surface area (Å²) in [6.07, 6.45) is 1.41. The van der Waals surface area contributed by atoms with Crippen molar-refractivity contribution in [2.24, 2.45) is 0 Å². The van der Waals surface area contributed by atoms with E-state index < -0.39 is 11.9 Å². The Morgan fingerprint density at radius 3 is 2.41 bits per heavy atom. The number of nitrogens with one attached hydrogen (secondary N) is 1. The molecular formula is C22H21NO5S. The number of amides is 1. The molecule has 3 rings (SSSR count). The zero-order valence-corrected chi connectivity index (χ0v) is 17.4. The molecule has 29 heavy (non-hydrogen) atoms. The van der Waals surface area contributed by atoms with E-state index in [2.05, 4.69) is 5.32 Å². The zero-order chi connectivity index (χ0) is 21.1. The topological polar surface area (TPSA) is 85.6 Å². The highest BCUT2D eigenvalue weighted by molar-refractivity contribution is 7.18. The number of benzene rings is 1. The first-order valence-electron chi connectivity index (χ1n) is 8.99. The second-order valence-electron chi connectivity index (χ2n) is 6.80. The van der Waals surface area contributed by atoms with E-state index in [1.54, 1.807) is 25.1 Å². The van der Waals surface area contributed by atoms with Crippen LogP contribution >= 0.6 is 11.3 Å². The Hall–Kier alpha value is -3.19. The van der Waals surface area contributed by atoms with Gasteiger partial charge in [-0.1, -0.05) is 6.07 Å². The number of hydrogen-bond acceptors (Lipinski definition) is 6. The monoisotopic (exact) mass is 411 g/mol. The second-order valence-corrected chi connectivity index (χ2v) is 7.86. The molecule has 0 atom stereocenters. The van der Waals surface area contributed by atoms with Crippen LogP contribution in [0.15, 0.2) is 41.0 Å². The average molecular weight is 411 g/mol. The van der Waals surface area contributed by atoms with Gasteiger partial charge in [-0.25, -0.2) is 4.79 Å². The molecule has 0 unspecified atom stereocenters. The van der Waals surface area contributed by atoms with Gasteiger partial charge in [-0.2, -0.15) is 0 Å². The zero-order valence-electron chi connectivity index (χ0n) is 16.6. The molecule has 0 aliphatic carbocycles. The fourth-order valence-corrected chi connectivity index (χ4v) is 3.82. The summed E-state index contributed by atoms with van der Waals surface area (Å²) in [7, 11) is 0. The number of carbonyl (C=O) groups excluding carboxylic acids is 3. The van der Waals surface area contributed by atoms with E-state index in [-0.39, 0.29) is 18.2 Å². The van der Waals surface area contributed by atoms with Crippen LogP contribution in [0.2, 0.25) is 0 Å². The lowest BCUT2D eigenvalue weighted by Crippen LogP contribution is -2.15. The molecule has 0 saturated carbocycles. The highest BCUT2D eigenvalue weighted by Crippen LogP contribution is 2.28. The minimum atomic E-state index is -0.596. The highest BCUT2D eigenvalue weighted by Gasteiger charge is 2.19. The first kappa shape index (κ1) is 20.5. The lowest BCUT2D eigenvalue weighted by Gasteiger charge is -2.09. The molecule has 150 valence electrons. The van der Waals surface area contributed by atoms with Crippen molar-refractivity contribution in [3.63, 3.8) is 0 Å². The third kappa shape index (κ3) is 4.63. The van der Waals surface area contributed by atoms with E-state index in [1.165, 1.54) is 6.26 Å².